The molecule has 37 heavy (non-hydrogen) atoms. The maximum Gasteiger partial charge on any atom is 0.258 e. The van der Waals surface area contributed by atoms with Gasteiger partial charge in [-0.15, -0.1) is 0 Å². The molecule has 0 radical (unpaired) electrons. The smallest absolute Gasteiger partial charge is 0.258 e. The van der Waals surface area contributed by atoms with Gasteiger partial charge in [0.2, 0.25) is 5.82 Å². The Morgan fingerprint density at radius 3 is 1.14 bits per heavy atom. The van der Waals surface area contributed by atoms with Crippen LogP contribution in [-0.4, -0.2) is 10.1 Å². The Hall–Kier alpha value is -3.98. The molecule has 0 unspecified atom stereocenters. The van der Waals surface area contributed by atoms with Gasteiger partial charge >= 0.3 is 0 Å². The summed E-state index contributed by atoms with van der Waals surface area (Å²) < 4.78 is 5.60. The Morgan fingerprint density at radius 1 is 0.432 bits per heavy atom. The van der Waals surface area contributed by atoms with E-state index < -0.39 is 0 Å². The fourth-order valence-corrected chi connectivity index (χ4v) is 4.40. The molecule has 3 nitrogen and oxygen atoms in total. The molecule has 0 fully saturated rings. The molecule has 0 amide bonds. The molecule has 0 N–H and O–H groups in total. The van der Waals surface area contributed by atoms with Crippen LogP contribution >= 0.6 is 0 Å². The molecule has 5 aromatic rings. The Bertz CT molecular complexity index is 1360. The summed E-state index contributed by atoms with van der Waals surface area (Å²) in [5.74, 6) is 1.11. The standard InChI is InChI=1S/C34H34N2O/c1-33(2,3)29-19-15-25(16-20-29)23-7-11-27(12-8-23)31-35-32(37-36-31)28-13-9-24(10-14-28)26-17-21-30(22-18-26)34(4,5)6/h7-22H,1-6H3. The summed E-state index contributed by atoms with van der Waals surface area (Å²) in [6, 6.07) is 34.2. The maximum absolute atomic E-state index is 5.60. The van der Waals surface area contributed by atoms with E-state index in [1.54, 1.807) is 0 Å². The van der Waals surface area contributed by atoms with Crippen LogP contribution < -0.4 is 0 Å². The second kappa shape index (κ2) is 9.48. The third-order valence-corrected chi connectivity index (χ3v) is 6.87. The zero-order valence-corrected chi connectivity index (χ0v) is 22.5. The molecular formula is C34H34N2O. The van der Waals surface area contributed by atoms with Crippen molar-refractivity contribution in [1.82, 2.24) is 10.1 Å². The first-order chi connectivity index (χ1) is 17.6. The zero-order valence-electron chi connectivity index (χ0n) is 22.5. The topological polar surface area (TPSA) is 38.9 Å². The lowest BCUT2D eigenvalue weighted by molar-refractivity contribution is 0.432. The van der Waals surface area contributed by atoms with Crippen LogP contribution in [0.3, 0.4) is 0 Å². The van der Waals surface area contributed by atoms with Crippen molar-refractivity contribution >= 4 is 0 Å². The van der Waals surface area contributed by atoms with Crippen molar-refractivity contribution in [2.75, 3.05) is 0 Å². The average molecular weight is 487 g/mol. The van der Waals surface area contributed by atoms with Crippen LogP contribution in [0.2, 0.25) is 0 Å². The first kappa shape index (κ1) is 24.7. The third-order valence-electron chi connectivity index (χ3n) is 6.87. The lowest BCUT2D eigenvalue weighted by Crippen LogP contribution is -2.10. The van der Waals surface area contributed by atoms with Crippen molar-refractivity contribution in [3.63, 3.8) is 0 Å². The summed E-state index contributed by atoms with van der Waals surface area (Å²) in [4.78, 5) is 4.66. The van der Waals surface area contributed by atoms with Gasteiger partial charge in [-0.1, -0.05) is 132 Å². The van der Waals surface area contributed by atoms with E-state index in [1.807, 2.05) is 24.3 Å². The molecule has 4 aromatic carbocycles. The first-order valence-electron chi connectivity index (χ1n) is 12.8. The predicted molar refractivity (Wildman–Crippen MR) is 153 cm³/mol. The Kier molecular flexibility index (Phi) is 6.33. The molecule has 0 saturated carbocycles. The van der Waals surface area contributed by atoms with Gasteiger partial charge in [-0.05, 0) is 56.3 Å². The SMILES string of the molecule is CC(C)(C)c1ccc(-c2ccc(-c3noc(-c4ccc(-c5ccc(C(C)(C)C)cc5)cc4)n3)cc2)cc1. The highest BCUT2D eigenvalue weighted by Crippen LogP contribution is 2.30. The van der Waals surface area contributed by atoms with Crippen LogP contribution in [-0.2, 0) is 10.8 Å². The summed E-state index contributed by atoms with van der Waals surface area (Å²) in [5, 5.41) is 4.23. The number of hydrogen-bond donors (Lipinski definition) is 0. The second-order valence-corrected chi connectivity index (χ2v) is 11.7. The normalized spacial score (nSPS) is 12.1. The van der Waals surface area contributed by atoms with Crippen LogP contribution in [0.4, 0.5) is 0 Å². The van der Waals surface area contributed by atoms with Gasteiger partial charge in [-0.25, -0.2) is 0 Å². The molecule has 5 rings (SSSR count). The molecule has 0 atom stereocenters. The molecule has 0 aliphatic rings. The van der Waals surface area contributed by atoms with Gasteiger partial charge in [0.25, 0.3) is 5.89 Å². The summed E-state index contributed by atoms with van der Waals surface area (Å²) in [6.45, 7) is 13.4. The number of aromatic nitrogens is 2. The van der Waals surface area contributed by atoms with E-state index in [-0.39, 0.29) is 10.8 Å². The largest absolute Gasteiger partial charge is 0.334 e. The van der Waals surface area contributed by atoms with E-state index >= 15 is 0 Å². The third kappa shape index (κ3) is 5.41. The Labute approximate surface area is 220 Å². The van der Waals surface area contributed by atoms with Crippen molar-refractivity contribution in [3.8, 4) is 45.1 Å². The minimum absolute atomic E-state index is 0.149. The molecule has 0 aliphatic heterocycles. The van der Waals surface area contributed by atoms with Crippen molar-refractivity contribution < 1.29 is 4.52 Å². The van der Waals surface area contributed by atoms with Crippen LogP contribution in [0.1, 0.15) is 52.7 Å². The number of benzene rings is 4. The molecular weight excluding hydrogens is 452 g/mol. The lowest BCUT2D eigenvalue weighted by Gasteiger charge is -2.19. The van der Waals surface area contributed by atoms with E-state index in [1.165, 1.54) is 27.8 Å². The van der Waals surface area contributed by atoms with Crippen molar-refractivity contribution in [3.05, 3.63) is 108 Å². The summed E-state index contributed by atoms with van der Waals surface area (Å²) in [7, 11) is 0. The van der Waals surface area contributed by atoms with Crippen molar-refractivity contribution in [2.24, 2.45) is 0 Å². The fraction of sp³-hybridized carbons (Fsp3) is 0.235. The molecule has 186 valence electrons. The highest BCUT2D eigenvalue weighted by molar-refractivity contribution is 5.70. The van der Waals surface area contributed by atoms with Gasteiger partial charge in [-0.3, -0.25) is 0 Å². The first-order valence-corrected chi connectivity index (χ1v) is 12.8. The Balaban J connectivity index is 1.31. The van der Waals surface area contributed by atoms with E-state index in [4.69, 9.17) is 4.52 Å². The van der Waals surface area contributed by atoms with Gasteiger partial charge in [-0.2, -0.15) is 4.98 Å². The van der Waals surface area contributed by atoms with Gasteiger partial charge in [0.1, 0.15) is 0 Å². The number of hydrogen-bond acceptors (Lipinski definition) is 3. The van der Waals surface area contributed by atoms with Gasteiger partial charge in [0, 0.05) is 11.1 Å². The molecule has 0 saturated heterocycles. The molecule has 0 spiro atoms. The van der Waals surface area contributed by atoms with E-state index in [0.717, 1.165) is 16.7 Å². The zero-order chi connectivity index (χ0) is 26.2. The Morgan fingerprint density at radius 2 is 0.757 bits per heavy atom. The minimum Gasteiger partial charge on any atom is -0.334 e. The molecule has 0 bridgehead atoms. The van der Waals surface area contributed by atoms with Crippen LogP contribution in [0, 0.1) is 0 Å². The second-order valence-electron chi connectivity index (χ2n) is 11.7. The molecule has 3 heteroatoms. The summed E-state index contributed by atoms with van der Waals surface area (Å²) >= 11 is 0. The summed E-state index contributed by atoms with van der Waals surface area (Å²) in [5.41, 5.74) is 9.52. The lowest BCUT2D eigenvalue weighted by atomic mass is 9.86. The van der Waals surface area contributed by atoms with Crippen molar-refractivity contribution in [1.29, 1.82) is 0 Å². The van der Waals surface area contributed by atoms with Crippen LogP contribution in [0.15, 0.2) is 102 Å². The number of nitrogens with zero attached hydrogens (tertiary/aromatic N) is 2. The fourth-order valence-electron chi connectivity index (χ4n) is 4.40. The molecule has 0 aliphatic carbocycles. The predicted octanol–water partition coefficient (Wildman–Crippen LogP) is 9.33. The van der Waals surface area contributed by atoms with E-state index in [2.05, 4.69) is 124 Å². The maximum atomic E-state index is 5.60. The van der Waals surface area contributed by atoms with Crippen molar-refractivity contribution in [2.45, 2.75) is 52.4 Å². The quantitative estimate of drug-likeness (QED) is 0.254. The highest BCUT2D eigenvalue weighted by atomic mass is 16.5. The van der Waals surface area contributed by atoms with Gasteiger partial charge in [0.05, 0.1) is 0 Å². The van der Waals surface area contributed by atoms with Gasteiger partial charge in [0.15, 0.2) is 0 Å². The number of rotatable bonds is 4. The van der Waals surface area contributed by atoms with Crippen LogP contribution in [0.5, 0.6) is 0 Å². The molecule has 1 aromatic heterocycles. The summed E-state index contributed by atoms with van der Waals surface area (Å²) in [6.07, 6.45) is 0. The highest BCUT2D eigenvalue weighted by Gasteiger charge is 2.15. The van der Waals surface area contributed by atoms with E-state index in [0.29, 0.717) is 11.7 Å². The minimum atomic E-state index is 0.149. The van der Waals surface area contributed by atoms with Crippen LogP contribution in [0.25, 0.3) is 45.1 Å². The van der Waals surface area contributed by atoms with E-state index in [9.17, 15) is 0 Å². The molecule has 1 heterocycles. The van der Waals surface area contributed by atoms with Gasteiger partial charge < -0.3 is 4.52 Å². The average Bonchev–Trinajstić information content (AvgIpc) is 3.39. The monoisotopic (exact) mass is 486 g/mol.